The van der Waals surface area contributed by atoms with E-state index in [1.165, 1.54) is 32.4 Å². The molecule has 2 aliphatic heterocycles. The number of likely N-dealkylation sites (tertiary alicyclic amines) is 2. The molecule has 1 atom stereocenters. The highest BCUT2D eigenvalue weighted by molar-refractivity contribution is 6.31. The molecule has 2 aliphatic rings. The predicted molar refractivity (Wildman–Crippen MR) is 101 cm³/mol. The lowest BCUT2D eigenvalue weighted by Gasteiger charge is -2.36. The summed E-state index contributed by atoms with van der Waals surface area (Å²) in [5.74, 6) is 0.819. The third-order valence-electron chi connectivity index (χ3n) is 5.42. The molecule has 0 radical (unpaired) electrons. The van der Waals surface area contributed by atoms with Crippen LogP contribution in [0.2, 0.25) is 5.02 Å². The van der Waals surface area contributed by atoms with Gasteiger partial charge in [-0.15, -0.1) is 0 Å². The second-order valence-corrected chi connectivity index (χ2v) is 7.68. The van der Waals surface area contributed by atoms with Gasteiger partial charge < -0.3 is 14.5 Å². The van der Waals surface area contributed by atoms with Crippen molar-refractivity contribution in [3.63, 3.8) is 0 Å². The maximum Gasteiger partial charge on any atom is 0.260 e. The summed E-state index contributed by atoms with van der Waals surface area (Å²) in [6, 6.07) is 5.90. The minimum absolute atomic E-state index is 0.110. The Hall–Kier alpha value is -1.26. The quantitative estimate of drug-likeness (QED) is 0.767. The van der Waals surface area contributed by atoms with Crippen LogP contribution in [0.15, 0.2) is 18.2 Å². The zero-order chi connectivity index (χ0) is 17.6. The van der Waals surface area contributed by atoms with Crippen molar-refractivity contribution >= 4 is 17.5 Å². The van der Waals surface area contributed by atoms with Crippen LogP contribution >= 0.6 is 11.6 Å². The van der Waals surface area contributed by atoms with Crippen LogP contribution in [0.4, 0.5) is 0 Å². The first-order valence-electron chi connectivity index (χ1n) is 9.54. The first-order chi connectivity index (χ1) is 12.1. The summed E-state index contributed by atoms with van der Waals surface area (Å²) in [5, 5.41) is 0.719. The van der Waals surface area contributed by atoms with Crippen molar-refractivity contribution < 1.29 is 9.53 Å². The van der Waals surface area contributed by atoms with Gasteiger partial charge in [0.1, 0.15) is 5.75 Å². The maximum absolute atomic E-state index is 12.7. The van der Waals surface area contributed by atoms with E-state index in [9.17, 15) is 4.79 Å². The van der Waals surface area contributed by atoms with Crippen LogP contribution in [0.1, 0.15) is 44.1 Å². The molecule has 5 heteroatoms. The Morgan fingerprint density at radius 3 is 2.72 bits per heavy atom. The topological polar surface area (TPSA) is 32.8 Å². The fourth-order valence-corrected chi connectivity index (χ4v) is 4.02. The minimum Gasteiger partial charge on any atom is -0.484 e. The standard InChI is InChI=1S/C20H29ClN2O2/c1-16-14-18(7-8-19(16)21)25-15-20(24)23-12-3-2-6-17(23)9-13-22-10-4-5-11-22/h7-8,14,17H,2-6,9-13,15H2,1H3/t17-/m1/s1. The molecule has 3 rings (SSSR count). The molecule has 1 aromatic carbocycles. The van der Waals surface area contributed by atoms with E-state index >= 15 is 0 Å². The third kappa shape index (κ3) is 5.11. The zero-order valence-electron chi connectivity index (χ0n) is 15.2. The fourth-order valence-electron chi connectivity index (χ4n) is 3.90. The first kappa shape index (κ1) is 18.5. The number of carbonyl (C=O) groups is 1. The van der Waals surface area contributed by atoms with Crippen LogP contribution in [0.25, 0.3) is 0 Å². The lowest BCUT2D eigenvalue weighted by molar-refractivity contribution is -0.137. The number of benzene rings is 1. The van der Waals surface area contributed by atoms with Gasteiger partial charge in [0, 0.05) is 24.2 Å². The van der Waals surface area contributed by atoms with Crippen molar-refractivity contribution in [2.24, 2.45) is 0 Å². The van der Waals surface area contributed by atoms with E-state index in [2.05, 4.69) is 9.80 Å². The number of amides is 1. The predicted octanol–water partition coefficient (Wildman–Crippen LogP) is 3.89. The molecule has 2 saturated heterocycles. The summed E-state index contributed by atoms with van der Waals surface area (Å²) in [6.45, 7) is 6.48. The molecular formula is C20H29ClN2O2. The van der Waals surface area contributed by atoms with Gasteiger partial charge in [-0.3, -0.25) is 4.79 Å². The number of piperidine rings is 1. The largest absolute Gasteiger partial charge is 0.484 e. The number of aryl methyl sites for hydroxylation is 1. The first-order valence-corrected chi connectivity index (χ1v) is 9.92. The van der Waals surface area contributed by atoms with E-state index in [-0.39, 0.29) is 12.5 Å². The highest BCUT2D eigenvalue weighted by Crippen LogP contribution is 2.23. The lowest BCUT2D eigenvalue weighted by atomic mass is 9.99. The van der Waals surface area contributed by atoms with Gasteiger partial charge >= 0.3 is 0 Å². The van der Waals surface area contributed by atoms with Gasteiger partial charge in [-0.1, -0.05) is 11.6 Å². The van der Waals surface area contributed by atoms with E-state index < -0.39 is 0 Å². The number of hydrogen-bond donors (Lipinski definition) is 0. The summed E-state index contributed by atoms with van der Waals surface area (Å²) in [5.41, 5.74) is 0.966. The van der Waals surface area contributed by atoms with Gasteiger partial charge in [0.15, 0.2) is 6.61 Å². The summed E-state index contributed by atoms with van der Waals surface area (Å²) in [6.07, 6.45) is 7.19. The van der Waals surface area contributed by atoms with Crippen LogP contribution in [0, 0.1) is 6.92 Å². The Morgan fingerprint density at radius 1 is 1.20 bits per heavy atom. The summed E-state index contributed by atoms with van der Waals surface area (Å²) in [7, 11) is 0. The number of carbonyl (C=O) groups excluding carboxylic acids is 1. The molecule has 4 nitrogen and oxygen atoms in total. The Kier molecular flexibility index (Phi) is 6.60. The number of halogens is 1. The molecule has 0 aromatic heterocycles. The van der Waals surface area contributed by atoms with Gasteiger partial charge in [0.25, 0.3) is 5.91 Å². The molecule has 138 valence electrons. The van der Waals surface area contributed by atoms with Crippen LogP contribution < -0.4 is 4.74 Å². The van der Waals surface area contributed by atoms with E-state index in [0.29, 0.717) is 11.8 Å². The number of hydrogen-bond acceptors (Lipinski definition) is 3. The van der Waals surface area contributed by atoms with E-state index in [1.807, 2.05) is 25.1 Å². The highest BCUT2D eigenvalue weighted by atomic mass is 35.5. The van der Waals surface area contributed by atoms with Crippen LogP contribution in [0.3, 0.4) is 0 Å². The van der Waals surface area contributed by atoms with Gasteiger partial charge in [-0.2, -0.15) is 0 Å². The fraction of sp³-hybridized carbons (Fsp3) is 0.650. The number of nitrogens with zero attached hydrogens (tertiary/aromatic N) is 2. The summed E-state index contributed by atoms with van der Waals surface area (Å²) < 4.78 is 5.72. The maximum atomic E-state index is 12.7. The lowest BCUT2D eigenvalue weighted by Crippen LogP contribution is -2.47. The SMILES string of the molecule is Cc1cc(OCC(=O)N2CCCC[C@@H]2CCN2CCCC2)ccc1Cl. The second kappa shape index (κ2) is 8.91. The van der Waals surface area contributed by atoms with Gasteiger partial charge in [-0.05, 0) is 82.3 Å². The normalized spacial score (nSPS) is 21.5. The van der Waals surface area contributed by atoms with Crippen molar-refractivity contribution in [2.75, 3.05) is 32.8 Å². The Bertz CT molecular complexity index is 587. The molecular weight excluding hydrogens is 336 g/mol. The molecule has 0 bridgehead atoms. The van der Waals surface area contributed by atoms with Crippen molar-refractivity contribution in [1.29, 1.82) is 0 Å². The molecule has 1 aromatic rings. The number of rotatable bonds is 6. The van der Waals surface area contributed by atoms with Crippen molar-refractivity contribution in [2.45, 2.75) is 51.5 Å². The van der Waals surface area contributed by atoms with Crippen molar-refractivity contribution in [1.82, 2.24) is 9.80 Å². The molecule has 1 amide bonds. The van der Waals surface area contributed by atoms with Gasteiger partial charge in [0.2, 0.25) is 0 Å². The average Bonchev–Trinajstić information content (AvgIpc) is 3.14. The molecule has 2 fully saturated rings. The average molecular weight is 365 g/mol. The number of ether oxygens (including phenoxy) is 1. The molecule has 2 heterocycles. The molecule has 0 N–H and O–H groups in total. The molecule has 0 saturated carbocycles. The summed E-state index contributed by atoms with van der Waals surface area (Å²) in [4.78, 5) is 17.3. The smallest absolute Gasteiger partial charge is 0.260 e. The molecule has 0 unspecified atom stereocenters. The van der Waals surface area contributed by atoms with Gasteiger partial charge in [0.05, 0.1) is 0 Å². The Labute approximate surface area is 156 Å². The van der Waals surface area contributed by atoms with E-state index in [0.717, 1.165) is 42.9 Å². The second-order valence-electron chi connectivity index (χ2n) is 7.27. The Morgan fingerprint density at radius 2 is 1.96 bits per heavy atom. The molecule has 0 spiro atoms. The van der Waals surface area contributed by atoms with Crippen LogP contribution in [-0.2, 0) is 4.79 Å². The van der Waals surface area contributed by atoms with Crippen molar-refractivity contribution in [3.05, 3.63) is 28.8 Å². The van der Waals surface area contributed by atoms with E-state index in [4.69, 9.17) is 16.3 Å². The zero-order valence-corrected chi connectivity index (χ0v) is 15.9. The Balaban J connectivity index is 1.51. The third-order valence-corrected chi connectivity index (χ3v) is 5.84. The minimum atomic E-state index is 0.110. The van der Waals surface area contributed by atoms with Gasteiger partial charge in [-0.25, -0.2) is 0 Å². The highest BCUT2D eigenvalue weighted by Gasteiger charge is 2.27. The molecule has 25 heavy (non-hydrogen) atoms. The summed E-state index contributed by atoms with van der Waals surface area (Å²) >= 11 is 6.04. The van der Waals surface area contributed by atoms with Crippen LogP contribution in [-0.4, -0.2) is 54.5 Å². The van der Waals surface area contributed by atoms with Crippen molar-refractivity contribution in [3.8, 4) is 5.75 Å². The van der Waals surface area contributed by atoms with Crippen LogP contribution in [0.5, 0.6) is 5.75 Å². The van der Waals surface area contributed by atoms with E-state index in [1.54, 1.807) is 0 Å². The molecule has 0 aliphatic carbocycles. The monoisotopic (exact) mass is 364 g/mol.